The van der Waals surface area contributed by atoms with Crippen LogP contribution in [0.15, 0.2) is 77.7 Å². The van der Waals surface area contributed by atoms with Gasteiger partial charge in [-0.25, -0.2) is 8.42 Å². The maximum absolute atomic E-state index is 12.5. The van der Waals surface area contributed by atoms with Crippen LogP contribution in [-0.4, -0.2) is 14.3 Å². The lowest BCUT2D eigenvalue weighted by Crippen LogP contribution is -2.15. The minimum atomic E-state index is -3.71. The van der Waals surface area contributed by atoms with Gasteiger partial charge in [-0.15, -0.1) is 0 Å². The number of carbonyl (C=O) groups excluding carboxylic acids is 1. The average Bonchev–Trinajstić information content (AvgIpc) is 2.61. The summed E-state index contributed by atoms with van der Waals surface area (Å²) in [5, 5.41) is 2.85. The molecule has 0 aliphatic carbocycles. The summed E-state index contributed by atoms with van der Waals surface area (Å²) in [7, 11) is -3.71. The molecule has 5 nitrogen and oxygen atoms in total. The molecule has 0 fully saturated rings. The highest BCUT2D eigenvalue weighted by Gasteiger charge is 2.14. The molecule has 0 saturated carbocycles. The SMILES string of the molecule is Cc1cc(C)cc(NC(=O)c2cccc(NS(=O)(=O)c3ccccc3)c2)c1. The highest BCUT2D eigenvalue weighted by atomic mass is 32.2. The van der Waals surface area contributed by atoms with Gasteiger partial charge in [-0.1, -0.05) is 30.3 Å². The van der Waals surface area contributed by atoms with E-state index in [4.69, 9.17) is 0 Å². The number of anilines is 2. The Morgan fingerprint density at radius 2 is 1.44 bits per heavy atom. The first-order chi connectivity index (χ1) is 12.8. The molecular formula is C21H20N2O3S. The lowest BCUT2D eigenvalue weighted by Gasteiger charge is -2.11. The molecule has 6 heteroatoms. The molecule has 0 saturated heterocycles. The van der Waals surface area contributed by atoms with Crippen molar-refractivity contribution in [1.29, 1.82) is 0 Å². The predicted octanol–water partition coefficient (Wildman–Crippen LogP) is 4.36. The molecule has 0 heterocycles. The summed E-state index contributed by atoms with van der Waals surface area (Å²) in [6, 6.07) is 20.3. The Morgan fingerprint density at radius 3 is 2.11 bits per heavy atom. The fourth-order valence-electron chi connectivity index (χ4n) is 2.79. The number of sulfonamides is 1. The molecule has 0 aromatic heterocycles. The second-order valence-electron chi connectivity index (χ2n) is 6.33. The Labute approximate surface area is 159 Å². The van der Waals surface area contributed by atoms with Crippen molar-refractivity contribution in [3.63, 3.8) is 0 Å². The smallest absolute Gasteiger partial charge is 0.261 e. The van der Waals surface area contributed by atoms with E-state index in [1.165, 1.54) is 18.2 Å². The van der Waals surface area contributed by atoms with E-state index in [-0.39, 0.29) is 10.8 Å². The first kappa shape index (κ1) is 18.7. The van der Waals surface area contributed by atoms with Crippen molar-refractivity contribution in [2.45, 2.75) is 18.7 Å². The third-order valence-corrected chi connectivity index (χ3v) is 5.31. The molecule has 3 aromatic rings. The molecule has 1 amide bonds. The topological polar surface area (TPSA) is 75.3 Å². The van der Waals surface area contributed by atoms with E-state index >= 15 is 0 Å². The van der Waals surface area contributed by atoms with E-state index < -0.39 is 10.0 Å². The van der Waals surface area contributed by atoms with Gasteiger partial charge in [0.1, 0.15) is 0 Å². The number of hydrogen-bond donors (Lipinski definition) is 2. The number of carbonyl (C=O) groups is 1. The zero-order valence-electron chi connectivity index (χ0n) is 15.1. The lowest BCUT2D eigenvalue weighted by molar-refractivity contribution is 0.102. The van der Waals surface area contributed by atoms with Gasteiger partial charge >= 0.3 is 0 Å². The lowest BCUT2D eigenvalue weighted by atomic mass is 10.1. The van der Waals surface area contributed by atoms with Crippen LogP contribution in [0.25, 0.3) is 0 Å². The van der Waals surface area contributed by atoms with Crippen molar-refractivity contribution in [3.8, 4) is 0 Å². The summed E-state index contributed by atoms with van der Waals surface area (Å²) in [4.78, 5) is 12.7. The number of rotatable bonds is 5. The molecule has 0 unspecified atom stereocenters. The van der Waals surface area contributed by atoms with Gasteiger partial charge in [0.2, 0.25) is 0 Å². The first-order valence-corrected chi connectivity index (χ1v) is 9.89. The Bertz CT molecular complexity index is 1060. The molecule has 2 N–H and O–H groups in total. The Kier molecular flexibility index (Phi) is 5.28. The molecule has 0 radical (unpaired) electrons. The van der Waals surface area contributed by atoms with Gasteiger partial charge in [-0.2, -0.15) is 0 Å². The maximum Gasteiger partial charge on any atom is 0.261 e. The Balaban J connectivity index is 1.80. The van der Waals surface area contributed by atoms with E-state index in [9.17, 15) is 13.2 Å². The van der Waals surface area contributed by atoms with Gasteiger partial charge in [0.25, 0.3) is 15.9 Å². The van der Waals surface area contributed by atoms with E-state index in [0.29, 0.717) is 16.9 Å². The quantitative estimate of drug-likeness (QED) is 0.691. The number of hydrogen-bond acceptors (Lipinski definition) is 3. The van der Waals surface area contributed by atoms with E-state index in [1.807, 2.05) is 32.0 Å². The van der Waals surface area contributed by atoms with Gasteiger partial charge in [0, 0.05) is 16.9 Å². The van der Waals surface area contributed by atoms with Crippen molar-refractivity contribution in [2.75, 3.05) is 10.0 Å². The number of aryl methyl sites for hydroxylation is 2. The van der Waals surface area contributed by atoms with E-state index in [1.54, 1.807) is 36.4 Å². The van der Waals surface area contributed by atoms with Gasteiger partial charge in [-0.05, 0) is 67.4 Å². The Morgan fingerprint density at radius 1 is 0.778 bits per heavy atom. The van der Waals surface area contributed by atoms with Crippen LogP contribution in [0.2, 0.25) is 0 Å². The Hall–Kier alpha value is -3.12. The van der Waals surface area contributed by atoms with Gasteiger partial charge in [0.15, 0.2) is 0 Å². The fraction of sp³-hybridized carbons (Fsp3) is 0.0952. The molecular weight excluding hydrogens is 360 g/mol. The maximum atomic E-state index is 12.5. The van der Waals surface area contributed by atoms with Crippen molar-refractivity contribution < 1.29 is 13.2 Å². The van der Waals surface area contributed by atoms with Crippen LogP contribution in [0.3, 0.4) is 0 Å². The second kappa shape index (κ2) is 7.63. The zero-order chi connectivity index (χ0) is 19.4. The van der Waals surface area contributed by atoms with Crippen LogP contribution in [0.4, 0.5) is 11.4 Å². The summed E-state index contributed by atoms with van der Waals surface area (Å²) in [5.41, 5.74) is 3.49. The van der Waals surface area contributed by atoms with E-state index in [2.05, 4.69) is 10.0 Å². The van der Waals surface area contributed by atoms with Crippen LogP contribution < -0.4 is 10.0 Å². The van der Waals surface area contributed by atoms with Crippen molar-refractivity contribution in [1.82, 2.24) is 0 Å². The van der Waals surface area contributed by atoms with Crippen LogP contribution in [-0.2, 0) is 10.0 Å². The summed E-state index contributed by atoms with van der Waals surface area (Å²) in [6.07, 6.45) is 0. The van der Waals surface area contributed by atoms with Crippen molar-refractivity contribution in [3.05, 3.63) is 89.5 Å². The number of benzene rings is 3. The molecule has 0 atom stereocenters. The number of amides is 1. The average molecular weight is 380 g/mol. The molecule has 0 aliphatic rings. The second-order valence-corrected chi connectivity index (χ2v) is 8.01. The molecule has 0 spiro atoms. The van der Waals surface area contributed by atoms with Crippen LogP contribution in [0, 0.1) is 13.8 Å². The molecule has 3 rings (SSSR count). The summed E-state index contributed by atoms with van der Waals surface area (Å²) in [6.45, 7) is 3.92. The largest absolute Gasteiger partial charge is 0.322 e. The molecule has 0 aliphatic heterocycles. The van der Waals surface area contributed by atoms with Gasteiger partial charge in [-0.3, -0.25) is 9.52 Å². The summed E-state index contributed by atoms with van der Waals surface area (Å²) < 4.78 is 27.4. The predicted molar refractivity (Wildman–Crippen MR) is 108 cm³/mol. The first-order valence-electron chi connectivity index (χ1n) is 8.41. The van der Waals surface area contributed by atoms with Crippen LogP contribution >= 0.6 is 0 Å². The monoisotopic (exact) mass is 380 g/mol. The molecule has 3 aromatic carbocycles. The molecule has 0 bridgehead atoms. The minimum Gasteiger partial charge on any atom is -0.322 e. The molecule has 27 heavy (non-hydrogen) atoms. The molecule has 138 valence electrons. The third-order valence-electron chi connectivity index (χ3n) is 3.91. The third kappa shape index (κ3) is 4.74. The fourth-order valence-corrected chi connectivity index (χ4v) is 3.86. The highest BCUT2D eigenvalue weighted by molar-refractivity contribution is 7.92. The number of nitrogens with one attached hydrogen (secondary N) is 2. The highest BCUT2D eigenvalue weighted by Crippen LogP contribution is 2.19. The van der Waals surface area contributed by atoms with Crippen LogP contribution in [0.1, 0.15) is 21.5 Å². The van der Waals surface area contributed by atoms with Crippen LogP contribution in [0.5, 0.6) is 0 Å². The van der Waals surface area contributed by atoms with Gasteiger partial charge in [0.05, 0.1) is 4.90 Å². The summed E-state index contributed by atoms with van der Waals surface area (Å²) in [5.74, 6) is -0.305. The van der Waals surface area contributed by atoms with E-state index in [0.717, 1.165) is 11.1 Å². The van der Waals surface area contributed by atoms with Crippen molar-refractivity contribution >= 4 is 27.3 Å². The normalized spacial score (nSPS) is 11.0. The minimum absolute atomic E-state index is 0.162. The summed E-state index contributed by atoms with van der Waals surface area (Å²) >= 11 is 0. The zero-order valence-corrected chi connectivity index (χ0v) is 15.9. The standard InChI is InChI=1S/C21H20N2O3S/c1-15-11-16(2)13-19(12-15)22-21(24)17-7-6-8-18(14-17)23-27(25,26)20-9-4-3-5-10-20/h3-14,23H,1-2H3,(H,22,24). The van der Waals surface area contributed by atoms with Crippen molar-refractivity contribution in [2.24, 2.45) is 0 Å². The van der Waals surface area contributed by atoms with Gasteiger partial charge < -0.3 is 5.32 Å².